The summed E-state index contributed by atoms with van der Waals surface area (Å²) in [6, 6.07) is 17.9. The third-order valence-corrected chi connectivity index (χ3v) is 5.04. The van der Waals surface area contributed by atoms with Gasteiger partial charge in [-0.2, -0.15) is 0 Å². The summed E-state index contributed by atoms with van der Waals surface area (Å²) in [5.41, 5.74) is 3.08. The number of thiazole rings is 1. The Morgan fingerprint density at radius 3 is 2.54 bits per heavy atom. The van der Waals surface area contributed by atoms with E-state index in [1.165, 1.54) is 7.11 Å². The van der Waals surface area contributed by atoms with Crippen LogP contribution in [0.1, 0.15) is 6.42 Å². The van der Waals surface area contributed by atoms with Crippen LogP contribution in [0.5, 0.6) is 5.75 Å². The number of carbonyl (C=O) groups is 1. The SMILES string of the molecule is COC(=O)NCCCn1c(-c2ccc(OC)cc2)cs/c1=N/c1ccccc1. The number of para-hydroxylation sites is 1. The summed E-state index contributed by atoms with van der Waals surface area (Å²) in [7, 11) is 3.02. The van der Waals surface area contributed by atoms with Crippen molar-refractivity contribution in [3.63, 3.8) is 0 Å². The number of rotatable bonds is 7. The van der Waals surface area contributed by atoms with Crippen LogP contribution in [0.3, 0.4) is 0 Å². The fourth-order valence-electron chi connectivity index (χ4n) is 2.74. The van der Waals surface area contributed by atoms with Crippen LogP contribution in [-0.4, -0.2) is 31.4 Å². The Morgan fingerprint density at radius 1 is 1.11 bits per heavy atom. The van der Waals surface area contributed by atoms with Gasteiger partial charge in [-0.3, -0.25) is 0 Å². The Bertz CT molecular complexity index is 963. The highest BCUT2D eigenvalue weighted by Crippen LogP contribution is 2.23. The highest BCUT2D eigenvalue weighted by molar-refractivity contribution is 7.07. The standard InChI is InChI=1S/C21H23N3O3S/c1-26-18-11-9-16(10-12-18)19-15-28-20(23-17-7-4-3-5-8-17)24(19)14-6-13-22-21(25)27-2/h3-5,7-12,15H,6,13-14H2,1-2H3,(H,22,25)/b23-20+. The molecule has 0 spiro atoms. The number of methoxy groups -OCH3 is 2. The van der Waals surface area contributed by atoms with Crippen molar-refractivity contribution in [3.05, 3.63) is 64.8 Å². The van der Waals surface area contributed by atoms with Gasteiger partial charge in [0.1, 0.15) is 5.75 Å². The highest BCUT2D eigenvalue weighted by atomic mass is 32.1. The van der Waals surface area contributed by atoms with Crippen LogP contribution in [0.25, 0.3) is 11.3 Å². The molecular formula is C21H23N3O3S. The lowest BCUT2D eigenvalue weighted by Gasteiger charge is -2.10. The lowest BCUT2D eigenvalue weighted by molar-refractivity contribution is 0.171. The van der Waals surface area contributed by atoms with E-state index in [1.54, 1.807) is 18.4 Å². The Hall–Kier alpha value is -3.06. The molecule has 1 aromatic heterocycles. The van der Waals surface area contributed by atoms with E-state index in [0.29, 0.717) is 6.54 Å². The fraction of sp³-hybridized carbons (Fsp3) is 0.238. The molecule has 0 aliphatic heterocycles. The average Bonchev–Trinajstić information content (AvgIpc) is 3.14. The van der Waals surface area contributed by atoms with Gasteiger partial charge in [0.15, 0.2) is 4.80 Å². The quantitative estimate of drug-likeness (QED) is 0.608. The Balaban J connectivity index is 1.90. The Kier molecular flexibility index (Phi) is 6.86. The number of nitrogens with zero attached hydrogens (tertiary/aromatic N) is 2. The molecule has 3 aromatic rings. The van der Waals surface area contributed by atoms with Gasteiger partial charge in [0.05, 0.1) is 25.6 Å². The maximum Gasteiger partial charge on any atom is 0.406 e. The summed E-state index contributed by atoms with van der Waals surface area (Å²) >= 11 is 1.60. The molecule has 7 heteroatoms. The van der Waals surface area contributed by atoms with Gasteiger partial charge >= 0.3 is 6.09 Å². The maximum absolute atomic E-state index is 11.3. The second-order valence-corrected chi connectivity index (χ2v) is 6.84. The van der Waals surface area contributed by atoms with Crippen LogP contribution in [0, 0.1) is 0 Å². The Labute approximate surface area is 168 Å². The second kappa shape index (κ2) is 9.75. The molecule has 3 rings (SSSR count). The van der Waals surface area contributed by atoms with Crippen LogP contribution in [-0.2, 0) is 11.3 Å². The molecule has 0 atom stereocenters. The first-order chi connectivity index (χ1) is 13.7. The van der Waals surface area contributed by atoms with Gasteiger partial charge in [-0.1, -0.05) is 18.2 Å². The predicted molar refractivity (Wildman–Crippen MR) is 111 cm³/mol. The van der Waals surface area contributed by atoms with E-state index in [9.17, 15) is 4.79 Å². The number of alkyl carbamates (subject to hydrolysis) is 1. The third-order valence-electron chi connectivity index (χ3n) is 4.18. The summed E-state index contributed by atoms with van der Waals surface area (Å²) < 4.78 is 12.1. The molecule has 28 heavy (non-hydrogen) atoms. The molecule has 1 amide bonds. The van der Waals surface area contributed by atoms with Crippen LogP contribution in [0.15, 0.2) is 65.0 Å². The van der Waals surface area contributed by atoms with E-state index >= 15 is 0 Å². The largest absolute Gasteiger partial charge is 0.497 e. The van der Waals surface area contributed by atoms with Crippen molar-refractivity contribution in [2.24, 2.45) is 4.99 Å². The molecule has 0 aliphatic carbocycles. The molecule has 0 aliphatic rings. The number of carbonyl (C=O) groups excluding carboxylic acids is 1. The molecule has 0 saturated carbocycles. The smallest absolute Gasteiger partial charge is 0.406 e. The monoisotopic (exact) mass is 397 g/mol. The van der Waals surface area contributed by atoms with E-state index < -0.39 is 6.09 Å². The zero-order valence-electron chi connectivity index (χ0n) is 15.9. The molecule has 0 bridgehead atoms. The minimum atomic E-state index is -0.417. The van der Waals surface area contributed by atoms with E-state index in [1.807, 2.05) is 54.6 Å². The molecule has 6 nitrogen and oxygen atoms in total. The Morgan fingerprint density at radius 2 is 1.86 bits per heavy atom. The molecule has 0 unspecified atom stereocenters. The van der Waals surface area contributed by atoms with Crippen molar-refractivity contribution < 1.29 is 14.3 Å². The zero-order chi connectivity index (χ0) is 19.8. The lowest BCUT2D eigenvalue weighted by Crippen LogP contribution is -2.26. The van der Waals surface area contributed by atoms with E-state index in [2.05, 4.69) is 20.0 Å². The van der Waals surface area contributed by atoms with E-state index in [4.69, 9.17) is 9.73 Å². The number of hydrogen-bond donors (Lipinski definition) is 1. The fourth-order valence-corrected chi connectivity index (χ4v) is 3.70. The molecule has 0 saturated heterocycles. The first-order valence-corrected chi connectivity index (χ1v) is 9.83. The number of ether oxygens (including phenoxy) is 2. The van der Waals surface area contributed by atoms with Gasteiger partial charge in [-0.25, -0.2) is 9.79 Å². The van der Waals surface area contributed by atoms with Crippen molar-refractivity contribution >= 4 is 23.1 Å². The summed E-state index contributed by atoms with van der Waals surface area (Å²) in [5, 5.41) is 4.83. The van der Waals surface area contributed by atoms with Crippen molar-refractivity contribution in [1.82, 2.24) is 9.88 Å². The number of nitrogens with one attached hydrogen (secondary N) is 1. The number of benzene rings is 2. The normalized spacial score (nSPS) is 11.3. The van der Waals surface area contributed by atoms with Crippen molar-refractivity contribution in [1.29, 1.82) is 0 Å². The highest BCUT2D eigenvalue weighted by Gasteiger charge is 2.09. The molecule has 0 fully saturated rings. The minimum absolute atomic E-state index is 0.417. The second-order valence-electron chi connectivity index (χ2n) is 6.00. The first-order valence-electron chi connectivity index (χ1n) is 8.95. The topological polar surface area (TPSA) is 64.8 Å². The van der Waals surface area contributed by atoms with Gasteiger partial charge in [-0.15, -0.1) is 11.3 Å². The summed E-state index contributed by atoms with van der Waals surface area (Å²) in [6.45, 7) is 1.25. The van der Waals surface area contributed by atoms with Gasteiger partial charge in [0.25, 0.3) is 0 Å². The van der Waals surface area contributed by atoms with E-state index in [0.717, 1.165) is 40.5 Å². The minimum Gasteiger partial charge on any atom is -0.497 e. The molecule has 146 valence electrons. The summed E-state index contributed by atoms with van der Waals surface area (Å²) in [6.07, 6.45) is 0.344. The number of amides is 1. The third kappa shape index (κ3) is 5.01. The maximum atomic E-state index is 11.3. The first kappa shape index (κ1) is 19.7. The van der Waals surface area contributed by atoms with Gasteiger partial charge < -0.3 is 19.4 Å². The molecule has 0 radical (unpaired) electrons. The van der Waals surface area contributed by atoms with Gasteiger partial charge in [0.2, 0.25) is 0 Å². The van der Waals surface area contributed by atoms with Crippen LogP contribution >= 0.6 is 11.3 Å². The molecular weight excluding hydrogens is 374 g/mol. The van der Waals surface area contributed by atoms with E-state index in [-0.39, 0.29) is 0 Å². The van der Waals surface area contributed by atoms with Crippen LogP contribution in [0.2, 0.25) is 0 Å². The van der Waals surface area contributed by atoms with Crippen molar-refractivity contribution in [2.45, 2.75) is 13.0 Å². The summed E-state index contributed by atoms with van der Waals surface area (Å²) in [4.78, 5) is 17.0. The van der Waals surface area contributed by atoms with Gasteiger partial charge in [0, 0.05) is 18.5 Å². The number of hydrogen-bond acceptors (Lipinski definition) is 5. The van der Waals surface area contributed by atoms with Crippen molar-refractivity contribution in [2.75, 3.05) is 20.8 Å². The predicted octanol–water partition coefficient (Wildman–Crippen LogP) is 4.20. The molecule has 2 aromatic carbocycles. The molecule has 1 heterocycles. The zero-order valence-corrected chi connectivity index (χ0v) is 16.7. The van der Waals surface area contributed by atoms with Crippen LogP contribution in [0.4, 0.5) is 10.5 Å². The van der Waals surface area contributed by atoms with Crippen LogP contribution < -0.4 is 14.9 Å². The average molecular weight is 398 g/mol. The van der Waals surface area contributed by atoms with Gasteiger partial charge in [-0.05, 0) is 48.4 Å². The molecule has 1 N–H and O–H groups in total. The van der Waals surface area contributed by atoms with Crippen molar-refractivity contribution in [3.8, 4) is 17.0 Å². The number of aromatic nitrogens is 1. The lowest BCUT2D eigenvalue weighted by atomic mass is 10.1. The summed E-state index contributed by atoms with van der Waals surface area (Å²) in [5.74, 6) is 0.821.